The summed E-state index contributed by atoms with van der Waals surface area (Å²) >= 11 is 0. The van der Waals surface area contributed by atoms with Crippen LogP contribution in [-0.2, 0) is 6.42 Å². The van der Waals surface area contributed by atoms with Gasteiger partial charge in [0, 0.05) is 18.1 Å². The molecule has 0 aliphatic carbocycles. The van der Waals surface area contributed by atoms with E-state index in [2.05, 4.69) is 45.9 Å². The molecule has 0 radical (unpaired) electrons. The first kappa shape index (κ1) is 16.2. The van der Waals surface area contributed by atoms with Gasteiger partial charge in [-0.25, -0.2) is 0 Å². The van der Waals surface area contributed by atoms with E-state index < -0.39 is 0 Å². The van der Waals surface area contributed by atoms with Crippen LogP contribution in [0.1, 0.15) is 61.8 Å². The van der Waals surface area contributed by atoms with Crippen LogP contribution in [0.3, 0.4) is 0 Å². The lowest BCUT2D eigenvalue weighted by molar-refractivity contribution is -0.385. The summed E-state index contributed by atoms with van der Waals surface area (Å²) in [5, 5.41) is 11.3. The average Bonchev–Trinajstić information content (AvgIpc) is 2.47. The molecule has 0 N–H and O–H groups in total. The summed E-state index contributed by atoms with van der Waals surface area (Å²) in [6.45, 7) is 8.68. The summed E-state index contributed by atoms with van der Waals surface area (Å²) in [6.07, 6.45) is 0.610. The average molecular weight is 297 g/mol. The predicted molar refractivity (Wildman–Crippen MR) is 90.5 cm³/mol. The van der Waals surface area contributed by atoms with Crippen LogP contribution in [0.5, 0.6) is 0 Å². The van der Waals surface area contributed by atoms with Gasteiger partial charge in [0.1, 0.15) is 0 Å². The van der Waals surface area contributed by atoms with Crippen LogP contribution in [0.2, 0.25) is 0 Å². The number of hydrogen-bond donors (Lipinski definition) is 0. The molecule has 2 rings (SSSR count). The molecule has 2 aromatic rings. The number of para-hydroxylation sites is 1. The van der Waals surface area contributed by atoms with Gasteiger partial charge in [-0.2, -0.15) is 0 Å². The Balaban J connectivity index is 2.56. The lowest BCUT2D eigenvalue weighted by Crippen LogP contribution is -2.05. The van der Waals surface area contributed by atoms with Crippen LogP contribution in [0.15, 0.2) is 42.5 Å². The molecule has 0 bridgehead atoms. The minimum Gasteiger partial charge on any atom is -0.258 e. The van der Waals surface area contributed by atoms with Crippen molar-refractivity contribution >= 4 is 5.69 Å². The normalized spacial score (nSPS) is 11.2. The molecule has 0 aliphatic heterocycles. The fraction of sp³-hybridized carbons (Fsp3) is 0.368. The molecule has 0 saturated carbocycles. The van der Waals surface area contributed by atoms with E-state index in [-0.39, 0.29) is 10.6 Å². The summed E-state index contributed by atoms with van der Waals surface area (Å²) in [4.78, 5) is 11.0. The Labute approximate surface area is 132 Å². The van der Waals surface area contributed by atoms with Crippen molar-refractivity contribution in [3.63, 3.8) is 0 Å². The molecule has 3 heteroatoms. The van der Waals surface area contributed by atoms with E-state index in [9.17, 15) is 10.1 Å². The van der Waals surface area contributed by atoms with E-state index >= 15 is 0 Å². The Kier molecular flexibility index (Phi) is 4.96. The second-order valence-corrected chi connectivity index (χ2v) is 6.29. The van der Waals surface area contributed by atoms with Crippen LogP contribution in [0, 0.1) is 10.1 Å². The Bertz CT molecular complexity index is 649. The largest absolute Gasteiger partial charge is 0.272 e. The third-order valence-corrected chi connectivity index (χ3v) is 4.05. The van der Waals surface area contributed by atoms with Gasteiger partial charge in [-0.3, -0.25) is 10.1 Å². The van der Waals surface area contributed by atoms with Crippen molar-refractivity contribution in [3.05, 3.63) is 74.8 Å². The standard InChI is InChI=1S/C19H23NO2/c1-13(2)16-9-7-10-17(14(3)4)18(16)12-15-8-5-6-11-19(15)20(21)22/h5-11,13-14H,12H2,1-4H3. The topological polar surface area (TPSA) is 43.1 Å². The van der Waals surface area contributed by atoms with Gasteiger partial charge in [0.2, 0.25) is 0 Å². The molecule has 2 aromatic carbocycles. The van der Waals surface area contributed by atoms with E-state index in [4.69, 9.17) is 0 Å². The molecule has 116 valence electrons. The van der Waals surface area contributed by atoms with Crippen molar-refractivity contribution in [2.24, 2.45) is 0 Å². The molecular weight excluding hydrogens is 274 g/mol. The minimum absolute atomic E-state index is 0.204. The first-order valence-electron chi connectivity index (χ1n) is 7.75. The maximum absolute atomic E-state index is 11.3. The third-order valence-electron chi connectivity index (χ3n) is 4.05. The molecule has 0 fully saturated rings. The van der Waals surface area contributed by atoms with Gasteiger partial charge in [-0.05, 0) is 28.5 Å². The molecule has 3 nitrogen and oxygen atoms in total. The van der Waals surface area contributed by atoms with Gasteiger partial charge in [-0.15, -0.1) is 0 Å². The van der Waals surface area contributed by atoms with E-state index in [0.29, 0.717) is 18.3 Å². The molecule has 0 atom stereocenters. The zero-order chi connectivity index (χ0) is 16.3. The van der Waals surface area contributed by atoms with E-state index in [0.717, 1.165) is 5.56 Å². The zero-order valence-corrected chi connectivity index (χ0v) is 13.7. The van der Waals surface area contributed by atoms with Gasteiger partial charge in [0.05, 0.1) is 4.92 Å². The first-order chi connectivity index (χ1) is 10.4. The Hall–Kier alpha value is -2.16. The highest BCUT2D eigenvalue weighted by atomic mass is 16.6. The minimum atomic E-state index is -0.289. The quantitative estimate of drug-likeness (QED) is 0.545. The first-order valence-corrected chi connectivity index (χ1v) is 7.75. The Morgan fingerprint density at radius 3 is 1.95 bits per heavy atom. The number of hydrogen-bond acceptors (Lipinski definition) is 2. The van der Waals surface area contributed by atoms with Crippen molar-refractivity contribution in [2.75, 3.05) is 0 Å². The summed E-state index contributed by atoms with van der Waals surface area (Å²) in [5.41, 5.74) is 4.79. The van der Waals surface area contributed by atoms with E-state index in [1.807, 2.05) is 12.1 Å². The fourth-order valence-electron chi connectivity index (χ4n) is 2.94. The van der Waals surface area contributed by atoms with Crippen LogP contribution in [0.25, 0.3) is 0 Å². The number of nitrogens with zero attached hydrogens (tertiary/aromatic N) is 1. The SMILES string of the molecule is CC(C)c1cccc(C(C)C)c1Cc1ccccc1[N+](=O)[O-]. The summed E-state index contributed by atoms with van der Waals surface area (Å²) in [6, 6.07) is 13.4. The van der Waals surface area contributed by atoms with E-state index in [1.54, 1.807) is 12.1 Å². The van der Waals surface area contributed by atoms with Crippen molar-refractivity contribution in [3.8, 4) is 0 Å². The third kappa shape index (κ3) is 3.35. The van der Waals surface area contributed by atoms with Crippen molar-refractivity contribution in [1.82, 2.24) is 0 Å². The number of nitro benzene ring substituents is 1. The number of nitro groups is 1. The maximum atomic E-state index is 11.3. The second kappa shape index (κ2) is 6.73. The molecule has 0 spiro atoms. The van der Waals surface area contributed by atoms with Crippen molar-refractivity contribution in [1.29, 1.82) is 0 Å². The van der Waals surface area contributed by atoms with Crippen LogP contribution < -0.4 is 0 Å². The van der Waals surface area contributed by atoms with Gasteiger partial charge >= 0.3 is 0 Å². The monoisotopic (exact) mass is 297 g/mol. The molecular formula is C19H23NO2. The highest BCUT2D eigenvalue weighted by molar-refractivity contribution is 5.48. The molecule has 0 unspecified atom stereocenters. The summed E-state index contributed by atoms with van der Waals surface area (Å²) < 4.78 is 0. The molecule has 0 heterocycles. The predicted octanol–water partition coefficient (Wildman–Crippen LogP) is 5.43. The van der Waals surface area contributed by atoms with Gasteiger partial charge in [-0.1, -0.05) is 64.1 Å². The highest BCUT2D eigenvalue weighted by Crippen LogP contribution is 2.31. The smallest absolute Gasteiger partial charge is 0.258 e. The van der Waals surface area contributed by atoms with E-state index in [1.165, 1.54) is 16.7 Å². The van der Waals surface area contributed by atoms with Gasteiger partial charge in [0.15, 0.2) is 0 Å². The lowest BCUT2D eigenvalue weighted by atomic mass is 9.85. The van der Waals surface area contributed by atoms with Crippen LogP contribution >= 0.6 is 0 Å². The van der Waals surface area contributed by atoms with Gasteiger partial charge in [0.25, 0.3) is 5.69 Å². The summed E-state index contributed by atoms with van der Waals surface area (Å²) in [7, 11) is 0. The Morgan fingerprint density at radius 1 is 0.909 bits per heavy atom. The molecule has 0 aliphatic rings. The maximum Gasteiger partial charge on any atom is 0.272 e. The van der Waals surface area contributed by atoms with Crippen molar-refractivity contribution < 1.29 is 4.92 Å². The zero-order valence-electron chi connectivity index (χ0n) is 13.7. The molecule has 22 heavy (non-hydrogen) atoms. The molecule has 0 aromatic heterocycles. The number of benzene rings is 2. The van der Waals surface area contributed by atoms with Crippen molar-refractivity contribution in [2.45, 2.75) is 46.0 Å². The highest BCUT2D eigenvalue weighted by Gasteiger charge is 2.18. The van der Waals surface area contributed by atoms with Crippen LogP contribution in [-0.4, -0.2) is 4.92 Å². The number of rotatable bonds is 5. The summed E-state index contributed by atoms with van der Waals surface area (Å²) in [5.74, 6) is 0.799. The van der Waals surface area contributed by atoms with Crippen LogP contribution in [0.4, 0.5) is 5.69 Å². The van der Waals surface area contributed by atoms with Gasteiger partial charge < -0.3 is 0 Å². The lowest BCUT2D eigenvalue weighted by Gasteiger charge is -2.19. The molecule has 0 saturated heterocycles. The Morgan fingerprint density at radius 2 is 1.45 bits per heavy atom. The second-order valence-electron chi connectivity index (χ2n) is 6.29. The fourth-order valence-corrected chi connectivity index (χ4v) is 2.94. The molecule has 0 amide bonds.